The summed E-state index contributed by atoms with van der Waals surface area (Å²) in [6, 6.07) is 13.6. The fourth-order valence-electron chi connectivity index (χ4n) is 2.61. The number of Topliss-reactive ketones (excluding diaryl/α,β-unsaturated/α-hetero) is 1. The molecule has 0 aliphatic carbocycles. The number of hydrogen-bond acceptors (Lipinski definition) is 2. The Balaban J connectivity index is 1.53. The topological polar surface area (TPSA) is 62.0 Å². The van der Waals surface area contributed by atoms with Gasteiger partial charge in [-0.2, -0.15) is 0 Å². The second-order valence-corrected chi connectivity index (χ2v) is 5.54. The second-order valence-electron chi connectivity index (χ2n) is 5.54. The van der Waals surface area contributed by atoms with E-state index in [1.165, 1.54) is 18.2 Å². The summed E-state index contributed by atoms with van der Waals surface area (Å²) in [6.45, 7) is 0.386. The molecule has 4 nitrogen and oxygen atoms in total. The van der Waals surface area contributed by atoms with Gasteiger partial charge < -0.3 is 10.3 Å². The molecular formula is C19H17FN2O2. The molecule has 2 aromatic carbocycles. The molecule has 0 spiro atoms. The largest absolute Gasteiger partial charge is 0.361 e. The molecule has 1 amide bonds. The van der Waals surface area contributed by atoms with Crippen LogP contribution < -0.4 is 5.32 Å². The van der Waals surface area contributed by atoms with E-state index in [1.54, 1.807) is 6.07 Å². The number of H-pyrrole nitrogens is 1. The highest BCUT2D eigenvalue weighted by molar-refractivity contribution is 5.98. The summed E-state index contributed by atoms with van der Waals surface area (Å²) >= 11 is 0. The first-order valence-corrected chi connectivity index (χ1v) is 7.74. The average Bonchev–Trinajstić information content (AvgIpc) is 3.01. The molecule has 3 rings (SSSR count). The normalized spacial score (nSPS) is 10.7. The maximum atomic E-state index is 13.5. The molecule has 0 unspecified atom stereocenters. The SMILES string of the molecule is O=C(CCC(=O)c1ccccc1F)NCc1c[nH]c2ccccc12. The van der Waals surface area contributed by atoms with Crippen LogP contribution in [-0.4, -0.2) is 16.7 Å². The highest BCUT2D eigenvalue weighted by Gasteiger charge is 2.13. The van der Waals surface area contributed by atoms with Gasteiger partial charge in [0.1, 0.15) is 5.82 Å². The lowest BCUT2D eigenvalue weighted by atomic mass is 10.1. The number of rotatable bonds is 6. The number of carbonyl (C=O) groups excluding carboxylic acids is 2. The highest BCUT2D eigenvalue weighted by atomic mass is 19.1. The summed E-state index contributed by atoms with van der Waals surface area (Å²) in [6.07, 6.45) is 1.88. The Hall–Kier alpha value is -2.95. The van der Waals surface area contributed by atoms with E-state index >= 15 is 0 Å². The van der Waals surface area contributed by atoms with Gasteiger partial charge in [-0.05, 0) is 23.8 Å². The summed E-state index contributed by atoms with van der Waals surface area (Å²) < 4.78 is 13.5. The molecule has 1 heterocycles. The fourth-order valence-corrected chi connectivity index (χ4v) is 2.61. The molecule has 5 heteroatoms. The van der Waals surface area contributed by atoms with E-state index in [9.17, 15) is 14.0 Å². The van der Waals surface area contributed by atoms with Crippen LogP contribution in [0.5, 0.6) is 0 Å². The summed E-state index contributed by atoms with van der Waals surface area (Å²) in [5.74, 6) is -1.15. The minimum absolute atomic E-state index is 0.0132. The predicted molar refractivity (Wildman–Crippen MR) is 90.1 cm³/mol. The molecule has 0 radical (unpaired) electrons. The van der Waals surface area contributed by atoms with Gasteiger partial charge in [-0.1, -0.05) is 30.3 Å². The van der Waals surface area contributed by atoms with Gasteiger partial charge >= 0.3 is 0 Å². The molecule has 0 aliphatic rings. The van der Waals surface area contributed by atoms with Gasteiger partial charge in [0.25, 0.3) is 0 Å². The average molecular weight is 324 g/mol. The lowest BCUT2D eigenvalue weighted by Gasteiger charge is -2.05. The Morgan fingerprint density at radius 1 is 1.00 bits per heavy atom. The number of fused-ring (bicyclic) bond motifs is 1. The third-order valence-electron chi connectivity index (χ3n) is 3.90. The van der Waals surface area contributed by atoms with Gasteiger partial charge in [-0.3, -0.25) is 9.59 Å². The van der Waals surface area contributed by atoms with Crippen LogP contribution in [0.3, 0.4) is 0 Å². The molecule has 0 atom stereocenters. The van der Waals surface area contributed by atoms with Gasteiger partial charge in [-0.15, -0.1) is 0 Å². The first-order chi connectivity index (χ1) is 11.6. The number of carbonyl (C=O) groups is 2. The molecule has 2 N–H and O–H groups in total. The van der Waals surface area contributed by atoms with E-state index in [0.717, 1.165) is 16.5 Å². The van der Waals surface area contributed by atoms with E-state index in [4.69, 9.17) is 0 Å². The van der Waals surface area contributed by atoms with Crippen LogP contribution in [0.25, 0.3) is 10.9 Å². The van der Waals surface area contributed by atoms with Crippen molar-refractivity contribution in [3.63, 3.8) is 0 Å². The Kier molecular flexibility index (Phi) is 4.70. The molecule has 3 aromatic rings. The zero-order chi connectivity index (χ0) is 16.9. The summed E-state index contributed by atoms with van der Waals surface area (Å²) in [7, 11) is 0. The minimum atomic E-state index is -0.554. The van der Waals surface area contributed by atoms with Crippen molar-refractivity contribution in [2.24, 2.45) is 0 Å². The third-order valence-corrected chi connectivity index (χ3v) is 3.90. The lowest BCUT2D eigenvalue weighted by Crippen LogP contribution is -2.23. The number of aromatic amines is 1. The maximum Gasteiger partial charge on any atom is 0.220 e. The zero-order valence-corrected chi connectivity index (χ0v) is 13.0. The van der Waals surface area contributed by atoms with Crippen LogP contribution in [0.2, 0.25) is 0 Å². The van der Waals surface area contributed by atoms with E-state index in [0.29, 0.717) is 6.54 Å². The van der Waals surface area contributed by atoms with Crippen LogP contribution in [0, 0.1) is 5.82 Å². The summed E-state index contributed by atoms with van der Waals surface area (Å²) in [5.41, 5.74) is 2.03. The number of hydrogen-bond donors (Lipinski definition) is 2. The van der Waals surface area contributed by atoms with Crippen LogP contribution in [-0.2, 0) is 11.3 Å². The molecule has 1 aromatic heterocycles. The van der Waals surface area contributed by atoms with Gasteiger partial charge in [0.15, 0.2) is 5.78 Å². The van der Waals surface area contributed by atoms with Crippen molar-refractivity contribution in [2.75, 3.05) is 0 Å². The van der Waals surface area contributed by atoms with Crippen molar-refractivity contribution >= 4 is 22.6 Å². The fraction of sp³-hybridized carbons (Fsp3) is 0.158. The Morgan fingerprint density at radius 3 is 2.58 bits per heavy atom. The predicted octanol–water partition coefficient (Wildman–Crippen LogP) is 3.59. The maximum absolute atomic E-state index is 13.5. The zero-order valence-electron chi connectivity index (χ0n) is 13.0. The number of amides is 1. The molecule has 24 heavy (non-hydrogen) atoms. The monoisotopic (exact) mass is 324 g/mol. The van der Waals surface area contributed by atoms with E-state index in [-0.39, 0.29) is 30.1 Å². The van der Waals surface area contributed by atoms with Crippen molar-refractivity contribution in [2.45, 2.75) is 19.4 Å². The van der Waals surface area contributed by atoms with Crippen molar-refractivity contribution in [1.82, 2.24) is 10.3 Å². The molecule has 0 aliphatic heterocycles. The number of aromatic nitrogens is 1. The van der Waals surface area contributed by atoms with Crippen LogP contribution in [0.15, 0.2) is 54.7 Å². The molecule has 0 bridgehead atoms. The highest BCUT2D eigenvalue weighted by Crippen LogP contribution is 2.17. The second kappa shape index (κ2) is 7.08. The van der Waals surface area contributed by atoms with Gasteiger partial charge in [0, 0.05) is 36.5 Å². The van der Waals surface area contributed by atoms with E-state index in [2.05, 4.69) is 10.3 Å². The number of nitrogens with one attached hydrogen (secondary N) is 2. The molecule has 0 saturated carbocycles. The van der Waals surface area contributed by atoms with Gasteiger partial charge in [0.05, 0.1) is 5.56 Å². The molecule has 0 saturated heterocycles. The Bertz CT molecular complexity index is 886. The van der Waals surface area contributed by atoms with Crippen molar-refractivity contribution in [1.29, 1.82) is 0 Å². The van der Waals surface area contributed by atoms with Gasteiger partial charge in [0.2, 0.25) is 5.91 Å². The first kappa shape index (κ1) is 15.9. The molecule has 0 fully saturated rings. The van der Waals surface area contributed by atoms with Crippen LogP contribution in [0.1, 0.15) is 28.8 Å². The first-order valence-electron chi connectivity index (χ1n) is 7.74. The third kappa shape index (κ3) is 3.51. The number of ketones is 1. The Morgan fingerprint density at radius 2 is 1.75 bits per heavy atom. The molecule has 122 valence electrons. The van der Waals surface area contributed by atoms with Crippen LogP contribution >= 0.6 is 0 Å². The Labute approximate surface area is 138 Å². The number of benzene rings is 2. The van der Waals surface area contributed by atoms with Crippen molar-refractivity contribution < 1.29 is 14.0 Å². The van der Waals surface area contributed by atoms with Crippen LogP contribution in [0.4, 0.5) is 4.39 Å². The summed E-state index contributed by atoms with van der Waals surface area (Å²) in [5, 5.41) is 3.85. The summed E-state index contributed by atoms with van der Waals surface area (Å²) in [4.78, 5) is 27.0. The van der Waals surface area contributed by atoms with Crippen molar-refractivity contribution in [3.05, 3.63) is 71.7 Å². The quantitative estimate of drug-likeness (QED) is 0.681. The standard InChI is InChI=1S/C19H17FN2O2/c20-16-7-3-1-6-15(16)18(23)9-10-19(24)22-12-13-11-21-17-8-4-2-5-14(13)17/h1-8,11,21H,9-10,12H2,(H,22,24). The molecular weight excluding hydrogens is 307 g/mol. The minimum Gasteiger partial charge on any atom is -0.361 e. The van der Waals surface area contributed by atoms with E-state index < -0.39 is 5.82 Å². The van der Waals surface area contributed by atoms with E-state index in [1.807, 2.05) is 30.5 Å². The lowest BCUT2D eigenvalue weighted by molar-refractivity contribution is -0.121. The number of halogens is 1. The number of para-hydroxylation sites is 1. The van der Waals surface area contributed by atoms with Crippen molar-refractivity contribution in [3.8, 4) is 0 Å². The van der Waals surface area contributed by atoms with Gasteiger partial charge in [-0.25, -0.2) is 4.39 Å². The smallest absolute Gasteiger partial charge is 0.220 e.